The number of rotatable bonds is 1. The van der Waals surface area contributed by atoms with Gasteiger partial charge in [-0.3, -0.25) is 0 Å². The topological polar surface area (TPSA) is 4.93 Å². The Bertz CT molecular complexity index is 590. The van der Waals surface area contributed by atoms with Gasteiger partial charge in [-0.15, -0.1) is 0 Å². The molecule has 0 saturated carbocycles. The fourth-order valence-corrected chi connectivity index (χ4v) is 2.47. The minimum Gasteiger partial charge on any atom is -0.320 e. The summed E-state index contributed by atoms with van der Waals surface area (Å²) in [5, 5.41) is 1.30. The third kappa shape index (κ3) is 1.63. The molecule has 3 rings (SSSR count). The van der Waals surface area contributed by atoms with Crippen molar-refractivity contribution in [1.29, 1.82) is 0 Å². The molecule has 0 bridgehead atoms. The molecule has 2 aromatic rings. The average Bonchev–Trinajstić information content (AvgIpc) is 2.74. The number of nitrogens with zero attached hydrogens (tertiary/aromatic N) is 1. The number of benzene rings is 1. The highest BCUT2D eigenvalue weighted by Gasteiger charge is 2.08. The standard InChI is InChI=1S/C14H12BrN/c15-12-5-7-13(8-6-12)16-10-9-11-3-1-2-4-14(11)16/h1-5,7,9-10H,6,8H2. The molecule has 0 amide bonds. The molecule has 0 radical (unpaired) electrons. The Morgan fingerprint density at radius 2 is 1.88 bits per heavy atom. The minimum absolute atomic E-state index is 1.09. The van der Waals surface area contributed by atoms with Gasteiger partial charge >= 0.3 is 0 Å². The van der Waals surface area contributed by atoms with Crippen LogP contribution in [-0.2, 0) is 0 Å². The summed E-state index contributed by atoms with van der Waals surface area (Å²) in [5.74, 6) is 0. The zero-order valence-electron chi connectivity index (χ0n) is 8.86. The molecule has 1 aliphatic rings. The van der Waals surface area contributed by atoms with Gasteiger partial charge in [0.05, 0.1) is 5.52 Å². The largest absolute Gasteiger partial charge is 0.320 e. The highest BCUT2D eigenvalue weighted by Crippen LogP contribution is 2.28. The molecule has 0 atom stereocenters. The zero-order chi connectivity index (χ0) is 11.0. The Hall–Kier alpha value is -1.28. The van der Waals surface area contributed by atoms with E-state index < -0.39 is 0 Å². The summed E-state index contributed by atoms with van der Waals surface area (Å²) in [6.07, 6.45) is 8.69. The molecule has 80 valence electrons. The summed E-state index contributed by atoms with van der Waals surface area (Å²) in [7, 11) is 0. The first kappa shape index (κ1) is 9.91. The first-order valence-corrected chi connectivity index (χ1v) is 6.25. The highest BCUT2D eigenvalue weighted by molar-refractivity contribution is 9.11. The second-order valence-electron chi connectivity index (χ2n) is 4.02. The molecule has 1 aromatic heterocycles. The van der Waals surface area contributed by atoms with Crippen molar-refractivity contribution < 1.29 is 0 Å². The van der Waals surface area contributed by atoms with E-state index in [1.807, 2.05) is 0 Å². The quantitative estimate of drug-likeness (QED) is 0.718. The lowest BCUT2D eigenvalue weighted by molar-refractivity contribution is 0.957. The van der Waals surface area contributed by atoms with E-state index in [1.165, 1.54) is 21.1 Å². The van der Waals surface area contributed by atoms with Crippen LogP contribution in [0.1, 0.15) is 12.8 Å². The number of aromatic nitrogens is 1. The van der Waals surface area contributed by atoms with E-state index >= 15 is 0 Å². The minimum atomic E-state index is 1.09. The van der Waals surface area contributed by atoms with Gasteiger partial charge in [0.15, 0.2) is 0 Å². The van der Waals surface area contributed by atoms with Gasteiger partial charge in [-0.05, 0) is 40.9 Å². The van der Waals surface area contributed by atoms with Crippen molar-refractivity contribution in [2.75, 3.05) is 0 Å². The fraction of sp³-hybridized carbons (Fsp3) is 0.143. The lowest BCUT2D eigenvalue weighted by Crippen LogP contribution is -1.98. The Morgan fingerprint density at radius 3 is 2.69 bits per heavy atom. The number of hydrogen-bond donors (Lipinski definition) is 0. The molecule has 1 aromatic carbocycles. The van der Waals surface area contributed by atoms with Crippen molar-refractivity contribution in [3.63, 3.8) is 0 Å². The normalized spacial score (nSPS) is 16.1. The number of hydrogen-bond acceptors (Lipinski definition) is 0. The number of fused-ring (bicyclic) bond motifs is 1. The second-order valence-corrected chi connectivity index (χ2v) is 5.03. The SMILES string of the molecule is BrC1=CC=C(n2ccc3ccccc32)CC1. The number of allylic oxidation sites excluding steroid dienone is 4. The molecule has 16 heavy (non-hydrogen) atoms. The van der Waals surface area contributed by atoms with Gasteiger partial charge < -0.3 is 4.57 Å². The summed E-state index contributed by atoms with van der Waals surface area (Å²) >= 11 is 3.54. The Kier molecular flexibility index (Phi) is 2.44. The van der Waals surface area contributed by atoms with Gasteiger partial charge in [0.1, 0.15) is 0 Å². The van der Waals surface area contributed by atoms with Crippen LogP contribution in [0.3, 0.4) is 0 Å². The first-order valence-electron chi connectivity index (χ1n) is 5.46. The van der Waals surface area contributed by atoms with Crippen molar-refractivity contribution in [2.45, 2.75) is 12.8 Å². The van der Waals surface area contributed by atoms with Crippen LogP contribution < -0.4 is 0 Å². The van der Waals surface area contributed by atoms with Crippen molar-refractivity contribution in [1.82, 2.24) is 4.57 Å². The van der Waals surface area contributed by atoms with Crippen LogP contribution in [0.25, 0.3) is 16.6 Å². The Morgan fingerprint density at radius 1 is 1.00 bits per heavy atom. The van der Waals surface area contributed by atoms with E-state index in [4.69, 9.17) is 0 Å². The van der Waals surface area contributed by atoms with Gasteiger partial charge in [-0.1, -0.05) is 40.2 Å². The molecule has 2 heteroatoms. The summed E-state index contributed by atoms with van der Waals surface area (Å²) in [6.45, 7) is 0. The van der Waals surface area contributed by atoms with Crippen LogP contribution in [0.5, 0.6) is 0 Å². The summed E-state index contributed by atoms with van der Waals surface area (Å²) in [4.78, 5) is 0. The monoisotopic (exact) mass is 273 g/mol. The van der Waals surface area contributed by atoms with Gasteiger partial charge in [0, 0.05) is 11.9 Å². The van der Waals surface area contributed by atoms with E-state index in [-0.39, 0.29) is 0 Å². The first-order chi connectivity index (χ1) is 7.84. The van der Waals surface area contributed by atoms with Gasteiger partial charge in [-0.2, -0.15) is 0 Å². The number of halogens is 1. The zero-order valence-corrected chi connectivity index (χ0v) is 10.4. The molecule has 0 spiro atoms. The van der Waals surface area contributed by atoms with Crippen LogP contribution in [0, 0.1) is 0 Å². The second kappa shape index (κ2) is 3.95. The molecule has 0 aliphatic heterocycles. The smallest absolute Gasteiger partial charge is 0.0525 e. The van der Waals surface area contributed by atoms with Gasteiger partial charge in [-0.25, -0.2) is 0 Å². The molecule has 0 unspecified atom stereocenters. The van der Waals surface area contributed by atoms with E-state index in [2.05, 4.69) is 69.2 Å². The predicted molar refractivity (Wildman–Crippen MR) is 72.5 cm³/mol. The van der Waals surface area contributed by atoms with E-state index in [0.717, 1.165) is 12.8 Å². The molecular formula is C14H12BrN. The maximum absolute atomic E-state index is 3.54. The van der Waals surface area contributed by atoms with Crippen LogP contribution in [0.4, 0.5) is 0 Å². The van der Waals surface area contributed by atoms with Crippen LogP contribution in [0.15, 0.2) is 53.2 Å². The summed E-state index contributed by atoms with van der Waals surface area (Å²) in [6, 6.07) is 10.7. The third-order valence-corrected chi connectivity index (χ3v) is 3.65. The molecule has 0 fully saturated rings. The Labute approximate surface area is 103 Å². The molecule has 1 nitrogen and oxygen atoms in total. The third-order valence-electron chi connectivity index (χ3n) is 2.99. The maximum Gasteiger partial charge on any atom is 0.0525 e. The highest BCUT2D eigenvalue weighted by atomic mass is 79.9. The van der Waals surface area contributed by atoms with Crippen LogP contribution >= 0.6 is 15.9 Å². The lowest BCUT2D eigenvalue weighted by atomic mass is 10.1. The Balaban J connectivity index is 2.13. The van der Waals surface area contributed by atoms with Crippen molar-refractivity contribution >= 4 is 32.5 Å². The van der Waals surface area contributed by atoms with E-state index in [9.17, 15) is 0 Å². The van der Waals surface area contributed by atoms with Crippen molar-refractivity contribution in [3.8, 4) is 0 Å². The maximum atomic E-state index is 3.54. The summed E-state index contributed by atoms with van der Waals surface area (Å²) < 4.78 is 3.57. The van der Waals surface area contributed by atoms with Crippen LogP contribution in [-0.4, -0.2) is 4.57 Å². The predicted octanol–water partition coefficient (Wildman–Crippen LogP) is 4.55. The van der Waals surface area contributed by atoms with Crippen molar-refractivity contribution in [2.24, 2.45) is 0 Å². The van der Waals surface area contributed by atoms with E-state index in [1.54, 1.807) is 0 Å². The molecular weight excluding hydrogens is 262 g/mol. The molecule has 0 N–H and O–H groups in total. The molecule has 1 aliphatic carbocycles. The van der Waals surface area contributed by atoms with Crippen molar-refractivity contribution in [3.05, 3.63) is 53.2 Å². The lowest BCUT2D eigenvalue weighted by Gasteiger charge is -2.13. The van der Waals surface area contributed by atoms with Gasteiger partial charge in [0.2, 0.25) is 0 Å². The average molecular weight is 274 g/mol. The fourth-order valence-electron chi connectivity index (χ4n) is 2.13. The van der Waals surface area contributed by atoms with Gasteiger partial charge in [0.25, 0.3) is 0 Å². The molecule has 0 saturated heterocycles. The number of para-hydroxylation sites is 1. The summed E-state index contributed by atoms with van der Waals surface area (Å²) in [5.41, 5.74) is 2.66. The molecule has 1 heterocycles. The van der Waals surface area contributed by atoms with Crippen LogP contribution in [0.2, 0.25) is 0 Å². The van der Waals surface area contributed by atoms with E-state index in [0.29, 0.717) is 0 Å².